The molecule has 8 nitrogen and oxygen atoms in total. The van der Waals surface area contributed by atoms with Crippen LogP contribution in [-0.4, -0.2) is 45.4 Å². The maximum absolute atomic E-state index is 12.6. The molecule has 0 bridgehead atoms. The highest BCUT2D eigenvalue weighted by Crippen LogP contribution is 2.43. The van der Waals surface area contributed by atoms with E-state index in [1.807, 2.05) is 4.90 Å². The molecule has 3 fully saturated rings. The number of likely N-dealkylation sites (tertiary alicyclic amines) is 1. The minimum atomic E-state index is -0.153. The fourth-order valence-electron chi connectivity index (χ4n) is 3.80. The lowest BCUT2D eigenvalue weighted by atomic mass is 9.92. The van der Waals surface area contributed by atoms with Crippen LogP contribution in [0.25, 0.3) is 0 Å². The molecule has 4 heterocycles. The molecule has 3 atom stereocenters. The lowest BCUT2D eigenvalue weighted by Crippen LogP contribution is -2.44. The van der Waals surface area contributed by atoms with E-state index in [1.54, 1.807) is 13.0 Å². The minimum absolute atomic E-state index is 0.0763. The Balaban J connectivity index is 1.26. The van der Waals surface area contributed by atoms with Gasteiger partial charge in [-0.3, -0.25) is 4.79 Å². The summed E-state index contributed by atoms with van der Waals surface area (Å²) in [5.41, 5.74) is 0.373. The van der Waals surface area contributed by atoms with Crippen LogP contribution in [-0.2, 0) is 4.74 Å². The van der Waals surface area contributed by atoms with Gasteiger partial charge in [0.15, 0.2) is 5.69 Å². The van der Waals surface area contributed by atoms with Crippen LogP contribution in [0.2, 0.25) is 0 Å². The fraction of sp³-hybridized carbons (Fsp3) is 0.647. The van der Waals surface area contributed by atoms with Gasteiger partial charge < -0.3 is 18.6 Å². The average molecular weight is 344 g/mol. The Labute approximate surface area is 144 Å². The molecule has 0 unspecified atom stereocenters. The number of hydrogen-bond donors (Lipinski definition) is 0. The zero-order chi connectivity index (χ0) is 17.0. The molecule has 2 saturated heterocycles. The van der Waals surface area contributed by atoms with Crippen molar-refractivity contribution >= 4 is 5.91 Å². The smallest absolute Gasteiger partial charge is 0.276 e. The van der Waals surface area contributed by atoms with Gasteiger partial charge in [-0.25, -0.2) is 0 Å². The Bertz CT molecular complexity index is 796. The number of carbonyl (C=O) groups is 1. The average Bonchev–Trinajstić information content (AvgIpc) is 3.03. The number of nitrogens with zero attached hydrogens (tertiary/aromatic N) is 4. The summed E-state index contributed by atoms with van der Waals surface area (Å²) in [6.07, 6.45) is 3.88. The third-order valence-corrected chi connectivity index (χ3v) is 5.31. The molecule has 2 aromatic rings. The number of hydrogen-bond acceptors (Lipinski definition) is 7. The SMILES string of the molecule is Cc1cc(C(=O)N2CC[C@@H]3O[C@@H](c4nnc(C5CC5)o4)C[C@H]3C2)no1. The molecular formula is C17H20N4O4. The van der Waals surface area contributed by atoms with E-state index in [-0.39, 0.29) is 24.0 Å². The molecule has 132 valence electrons. The van der Waals surface area contributed by atoms with Crippen molar-refractivity contribution in [3.63, 3.8) is 0 Å². The Morgan fingerprint density at radius 3 is 2.84 bits per heavy atom. The molecule has 0 spiro atoms. The molecule has 1 amide bonds. The number of fused-ring (bicyclic) bond motifs is 1. The second-order valence-electron chi connectivity index (χ2n) is 7.27. The quantitative estimate of drug-likeness (QED) is 0.842. The van der Waals surface area contributed by atoms with Crippen molar-refractivity contribution in [3.05, 3.63) is 29.3 Å². The van der Waals surface area contributed by atoms with E-state index in [4.69, 9.17) is 13.7 Å². The highest BCUT2D eigenvalue weighted by atomic mass is 16.5. The van der Waals surface area contributed by atoms with Crippen LogP contribution >= 0.6 is 0 Å². The molecule has 25 heavy (non-hydrogen) atoms. The first kappa shape index (κ1) is 15.1. The summed E-state index contributed by atoms with van der Waals surface area (Å²) in [4.78, 5) is 14.4. The van der Waals surface area contributed by atoms with Crippen molar-refractivity contribution in [2.75, 3.05) is 13.1 Å². The highest BCUT2D eigenvalue weighted by Gasteiger charge is 2.43. The topological polar surface area (TPSA) is 94.5 Å². The zero-order valence-electron chi connectivity index (χ0n) is 14.1. The second-order valence-corrected chi connectivity index (χ2v) is 7.27. The zero-order valence-corrected chi connectivity index (χ0v) is 14.1. The van der Waals surface area contributed by atoms with Gasteiger partial charge in [-0.05, 0) is 32.6 Å². The molecule has 2 aromatic heterocycles. The fourth-order valence-corrected chi connectivity index (χ4v) is 3.80. The number of amides is 1. The Kier molecular flexibility index (Phi) is 3.41. The van der Waals surface area contributed by atoms with Crippen molar-refractivity contribution in [3.8, 4) is 0 Å². The van der Waals surface area contributed by atoms with Crippen molar-refractivity contribution in [2.45, 2.75) is 50.7 Å². The van der Waals surface area contributed by atoms with Crippen molar-refractivity contribution in [1.29, 1.82) is 0 Å². The van der Waals surface area contributed by atoms with Gasteiger partial charge in [-0.2, -0.15) is 0 Å². The molecular weight excluding hydrogens is 324 g/mol. The molecule has 8 heteroatoms. The number of aromatic nitrogens is 3. The van der Waals surface area contributed by atoms with E-state index in [9.17, 15) is 4.79 Å². The molecule has 5 rings (SSSR count). The van der Waals surface area contributed by atoms with E-state index in [0.717, 1.165) is 31.6 Å². The largest absolute Gasteiger partial charge is 0.422 e. The Hall–Kier alpha value is -2.22. The van der Waals surface area contributed by atoms with Crippen molar-refractivity contribution in [1.82, 2.24) is 20.3 Å². The number of piperidine rings is 1. The van der Waals surface area contributed by atoms with E-state index in [2.05, 4.69) is 15.4 Å². The molecule has 2 aliphatic heterocycles. The second kappa shape index (κ2) is 5.66. The molecule has 0 aromatic carbocycles. The number of aryl methyl sites for hydroxylation is 1. The lowest BCUT2D eigenvalue weighted by Gasteiger charge is -2.33. The van der Waals surface area contributed by atoms with Gasteiger partial charge in [0.1, 0.15) is 11.9 Å². The van der Waals surface area contributed by atoms with Crippen LogP contribution in [0.1, 0.15) is 65.7 Å². The van der Waals surface area contributed by atoms with E-state index >= 15 is 0 Å². The third kappa shape index (κ3) is 2.74. The van der Waals surface area contributed by atoms with Gasteiger partial charge in [-0.15, -0.1) is 10.2 Å². The van der Waals surface area contributed by atoms with Crippen LogP contribution in [0, 0.1) is 12.8 Å². The summed E-state index contributed by atoms with van der Waals surface area (Å²) in [7, 11) is 0. The standard InChI is InChI=1S/C17H20N4O4/c1-9-6-12(20-25-9)17(22)21-5-4-13-11(8-21)7-14(23-13)16-19-18-15(24-16)10-2-3-10/h6,10-11,13-14H,2-5,7-8H2,1H3/t11-,13-,14+/m0/s1. The van der Waals surface area contributed by atoms with Gasteiger partial charge in [0.05, 0.1) is 6.10 Å². The monoisotopic (exact) mass is 344 g/mol. The predicted octanol–water partition coefficient (Wildman–Crippen LogP) is 2.24. The first-order chi connectivity index (χ1) is 12.2. The van der Waals surface area contributed by atoms with Gasteiger partial charge >= 0.3 is 0 Å². The summed E-state index contributed by atoms with van der Waals surface area (Å²) < 4.78 is 16.9. The van der Waals surface area contributed by atoms with E-state index in [1.165, 1.54) is 0 Å². The molecule has 3 aliphatic rings. The van der Waals surface area contributed by atoms with Crippen LogP contribution in [0.5, 0.6) is 0 Å². The summed E-state index contributed by atoms with van der Waals surface area (Å²) in [5.74, 6) is 2.63. The van der Waals surface area contributed by atoms with Crippen molar-refractivity contribution in [2.24, 2.45) is 5.92 Å². The predicted molar refractivity (Wildman–Crippen MR) is 83.8 cm³/mol. The number of ether oxygens (including phenoxy) is 1. The molecule has 1 saturated carbocycles. The first-order valence-corrected chi connectivity index (χ1v) is 8.88. The number of carbonyl (C=O) groups excluding carboxylic acids is 1. The van der Waals surface area contributed by atoms with Crippen LogP contribution in [0.4, 0.5) is 0 Å². The Morgan fingerprint density at radius 2 is 2.08 bits per heavy atom. The molecule has 0 N–H and O–H groups in total. The maximum Gasteiger partial charge on any atom is 0.276 e. The van der Waals surface area contributed by atoms with Crippen molar-refractivity contribution < 1.29 is 18.5 Å². The lowest BCUT2D eigenvalue weighted by molar-refractivity contribution is -0.00656. The summed E-state index contributed by atoms with van der Waals surface area (Å²) in [6, 6.07) is 1.68. The van der Waals surface area contributed by atoms with Crippen LogP contribution in [0.15, 0.2) is 15.0 Å². The maximum atomic E-state index is 12.6. The Morgan fingerprint density at radius 1 is 1.24 bits per heavy atom. The highest BCUT2D eigenvalue weighted by molar-refractivity contribution is 5.92. The third-order valence-electron chi connectivity index (χ3n) is 5.31. The molecule has 1 aliphatic carbocycles. The van der Waals surface area contributed by atoms with Gasteiger partial charge in [0.25, 0.3) is 5.91 Å². The minimum Gasteiger partial charge on any atom is -0.422 e. The van der Waals surface area contributed by atoms with Crippen LogP contribution in [0.3, 0.4) is 0 Å². The number of rotatable bonds is 3. The van der Waals surface area contributed by atoms with Gasteiger partial charge in [0, 0.05) is 31.0 Å². The normalized spacial score (nSPS) is 29.0. The van der Waals surface area contributed by atoms with E-state index in [0.29, 0.717) is 36.4 Å². The van der Waals surface area contributed by atoms with E-state index < -0.39 is 0 Å². The van der Waals surface area contributed by atoms with Crippen LogP contribution < -0.4 is 0 Å². The first-order valence-electron chi connectivity index (χ1n) is 8.88. The summed E-state index contributed by atoms with van der Waals surface area (Å²) in [5, 5.41) is 12.2. The van der Waals surface area contributed by atoms with Gasteiger partial charge in [-0.1, -0.05) is 5.16 Å². The summed E-state index contributed by atoms with van der Waals surface area (Å²) in [6.45, 7) is 3.11. The summed E-state index contributed by atoms with van der Waals surface area (Å²) >= 11 is 0. The van der Waals surface area contributed by atoms with Gasteiger partial charge in [0.2, 0.25) is 11.8 Å². The molecule has 0 radical (unpaired) electrons.